The topological polar surface area (TPSA) is 3.24 Å². The van der Waals surface area contributed by atoms with Gasteiger partial charge in [0.15, 0.2) is 0 Å². The van der Waals surface area contributed by atoms with E-state index >= 15 is 0 Å². The van der Waals surface area contributed by atoms with Gasteiger partial charge >= 0.3 is 0 Å². The van der Waals surface area contributed by atoms with Crippen LogP contribution >= 0.6 is 22.6 Å². The number of hydrogen-bond donors (Lipinski definition) is 0. The molecule has 0 aliphatic heterocycles. The molecule has 0 heterocycles. The normalized spacial score (nSPS) is 10.8. The van der Waals surface area contributed by atoms with Crippen LogP contribution in [0.3, 0.4) is 0 Å². The Balaban J connectivity index is 2.20. The molecule has 0 amide bonds. The van der Waals surface area contributed by atoms with Crippen molar-refractivity contribution < 1.29 is 0 Å². The van der Waals surface area contributed by atoms with Gasteiger partial charge in [0.05, 0.1) is 0 Å². The zero-order valence-corrected chi connectivity index (χ0v) is 10.9. The Hall–Kier alpha value is -0.0900. The Morgan fingerprint density at radius 3 is 2.50 bits per heavy atom. The molecule has 1 rings (SSSR count). The van der Waals surface area contributed by atoms with Crippen molar-refractivity contribution in [2.75, 3.05) is 24.6 Å². The van der Waals surface area contributed by atoms with Crippen LogP contribution in [0, 0.1) is 0 Å². The summed E-state index contributed by atoms with van der Waals surface area (Å²) in [5, 5.41) is 0. The summed E-state index contributed by atoms with van der Waals surface area (Å²) in [5.41, 5.74) is 1.44. The van der Waals surface area contributed by atoms with Crippen LogP contribution < -0.4 is 0 Å². The van der Waals surface area contributed by atoms with Gasteiger partial charge in [-0.05, 0) is 32.0 Å². The van der Waals surface area contributed by atoms with Crippen molar-refractivity contribution in [2.45, 2.75) is 12.8 Å². The highest BCUT2D eigenvalue weighted by Crippen LogP contribution is 2.01. The molecule has 14 heavy (non-hydrogen) atoms. The molecule has 0 unspecified atom stereocenters. The van der Waals surface area contributed by atoms with E-state index in [1.54, 1.807) is 0 Å². The molecule has 0 bridgehead atoms. The van der Waals surface area contributed by atoms with Gasteiger partial charge in [0.25, 0.3) is 0 Å². The Morgan fingerprint density at radius 1 is 1.14 bits per heavy atom. The molecular formula is C12H18IN. The van der Waals surface area contributed by atoms with E-state index in [4.69, 9.17) is 0 Å². The standard InChI is InChI=1S/C12H18IN/c1-14(10-5-9-13)11-8-12-6-3-2-4-7-12/h2-4,6-7H,5,8-11H2,1H3. The lowest BCUT2D eigenvalue weighted by molar-refractivity contribution is 0.341. The highest BCUT2D eigenvalue weighted by Gasteiger charge is 1.97. The summed E-state index contributed by atoms with van der Waals surface area (Å²) in [5.74, 6) is 0. The molecule has 0 atom stereocenters. The summed E-state index contributed by atoms with van der Waals surface area (Å²) in [6.45, 7) is 2.39. The fourth-order valence-electron chi connectivity index (χ4n) is 1.41. The molecule has 0 aliphatic rings. The average molecular weight is 303 g/mol. The summed E-state index contributed by atoms with van der Waals surface area (Å²) in [7, 11) is 2.20. The third kappa shape index (κ3) is 4.96. The highest BCUT2D eigenvalue weighted by molar-refractivity contribution is 14.1. The van der Waals surface area contributed by atoms with E-state index < -0.39 is 0 Å². The van der Waals surface area contributed by atoms with Crippen molar-refractivity contribution in [1.82, 2.24) is 4.90 Å². The van der Waals surface area contributed by atoms with Gasteiger partial charge in [-0.15, -0.1) is 0 Å². The van der Waals surface area contributed by atoms with Gasteiger partial charge < -0.3 is 4.90 Å². The number of benzene rings is 1. The van der Waals surface area contributed by atoms with Gasteiger partial charge in [-0.1, -0.05) is 52.9 Å². The van der Waals surface area contributed by atoms with E-state index in [9.17, 15) is 0 Å². The minimum Gasteiger partial charge on any atom is -0.306 e. The number of rotatable bonds is 6. The maximum Gasteiger partial charge on any atom is 0.00188 e. The summed E-state index contributed by atoms with van der Waals surface area (Å²) in [6, 6.07) is 10.7. The monoisotopic (exact) mass is 303 g/mol. The van der Waals surface area contributed by atoms with E-state index in [-0.39, 0.29) is 0 Å². The van der Waals surface area contributed by atoms with Crippen molar-refractivity contribution in [1.29, 1.82) is 0 Å². The molecule has 2 heteroatoms. The maximum atomic E-state index is 2.43. The van der Waals surface area contributed by atoms with Crippen LogP contribution in [-0.2, 0) is 6.42 Å². The first-order chi connectivity index (χ1) is 6.83. The molecular weight excluding hydrogens is 285 g/mol. The second kappa shape index (κ2) is 7.23. The Labute approximate surface area is 101 Å². The Bertz CT molecular complexity index is 235. The fraction of sp³-hybridized carbons (Fsp3) is 0.500. The summed E-state index contributed by atoms with van der Waals surface area (Å²) >= 11 is 2.43. The second-order valence-electron chi connectivity index (χ2n) is 3.58. The molecule has 0 aromatic heterocycles. The smallest absolute Gasteiger partial charge is 0.00188 e. The van der Waals surface area contributed by atoms with Crippen LogP contribution in [-0.4, -0.2) is 29.5 Å². The van der Waals surface area contributed by atoms with Crippen LogP contribution in [0.2, 0.25) is 0 Å². The number of alkyl halides is 1. The lowest BCUT2D eigenvalue weighted by atomic mass is 10.1. The van der Waals surface area contributed by atoms with Crippen molar-refractivity contribution in [3.05, 3.63) is 35.9 Å². The third-order valence-electron chi connectivity index (χ3n) is 2.30. The summed E-state index contributed by atoms with van der Waals surface area (Å²) in [6.07, 6.45) is 2.46. The number of halogens is 1. The first-order valence-corrected chi connectivity index (χ1v) is 6.64. The Kier molecular flexibility index (Phi) is 6.19. The quantitative estimate of drug-likeness (QED) is 0.577. The Morgan fingerprint density at radius 2 is 1.86 bits per heavy atom. The van der Waals surface area contributed by atoms with Crippen LogP contribution in [0.4, 0.5) is 0 Å². The largest absolute Gasteiger partial charge is 0.306 e. The number of nitrogens with zero attached hydrogens (tertiary/aromatic N) is 1. The predicted molar refractivity (Wildman–Crippen MR) is 71.1 cm³/mol. The first kappa shape index (κ1) is 12.0. The van der Waals surface area contributed by atoms with Crippen molar-refractivity contribution in [2.24, 2.45) is 0 Å². The van der Waals surface area contributed by atoms with Crippen LogP contribution in [0.1, 0.15) is 12.0 Å². The maximum absolute atomic E-state index is 2.43. The third-order valence-corrected chi connectivity index (χ3v) is 3.06. The molecule has 0 aliphatic carbocycles. The molecule has 1 aromatic carbocycles. The molecule has 0 fully saturated rings. The van der Waals surface area contributed by atoms with E-state index in [2.05, 4.69) is 64.9 Å². The SMILES string of the molecule is CN(CCCI)CCc1ccccc1. The lowest BCUT2D eigenvalue weighted by Gasteiger charge is -2.15. The first-order valence-electron chi connectivity index (χ1n) is 5.11. The number of likely N-dealkylation sites (N-methyl/N-ethyl adjacent to an activating group) is 1. The average Bonchev–Trinajstić information content (AvgIpc) is 2.25. The number of hydrogen-bond acceptors (Lipinski definition) is 1. The summed E-state index contributed by atoms with van der Waals surface area (Å²) in [4.78, 5) is 2.41. The van der Waals surface area contributed by atoms with Crippen molar-refractivity contribution in [3.63, 3.8) is 0 Å². The van der Waals surface area contributed by atoms with Gasteiger partial charge in [0, 0.05) is 11.0 Å². The summed E-state index contributed by atoms with van der Waals surface area (Å²) < 4.78 is 1.26. The van der Waals surface area contributed by atoms with Gasteiger partial charge in [-0.3, -0.25) is 0 Å². The van der Waals surface area contributed by atoms with E-state index in [1.165, 1.54) is 35.9 Å². The highest BCUT2D eigenvalue weighted by atomic mass is 127. The molecule has 0 spiro atoms. The van der Waals surface area contributed by atoms with Crippen LogP contribution in [0.15, 0.2) is 30.3 Å². The van der Waals surface area contributed by atoms with E-state index in [0.717, 1.165) is 0 Å². The molecule has 0 N–H and O–H groups in total. The molecule has 1 nitrogen and oxygen atoms in total. The zero-order valence-electron chi connectivity index (χ0n) is 8.75. The minimum absolute atomic E-state index is 1.17. The molecule has 0 radical (unpaired) electrons. The minimum atomic E-state index is 1.17. The predicted octanol–water partition coefficient (Wildman–Crippen LogP) is 2.99. The van der Waals surface area contributed by atoms with Gasteiger partial charge in [-0.2, -0.15) is 0 Å². The molecule has 78 valence electrons. The van der Waals surface area contributed by atoms with Gasteiger partial charge in [-0.25, -0.2) is 0 Å². The van der Waals surface area contributed by atoms with Crippen LogP contribution in [0.5, 0.6) is 0 Å². The van der Waals surface area contributed by atoms with E-state index in [0.29, 0.717) is 0 Å². The van der Waals surface area contributed by atoms with Crippen molar-refractivity contribution in [3.8, 4) is 0 Å². The molecule has 0 saturated carbocycles. The van der Waals surface area contributed by atoms with Crippen LogP contribution in [0.25, 0.3) is 0 Å². The van der Waals surface area contributed by atoms with Gasteiger partial charge in [0.1, 0.15) is 0 Å². The lowest BCUT2D eigenvalue weighted by Crippen LogP contribution is -2.22. The second-order valence-corrected chi connectivity index (χ2v) is 4.66. The molecule has 0 saturated heterocycles. The fourth-order valence-corrected chi connectivity index (χ4v) is 1.75. The zero-order chi connectivity index (χ0) is 10.2. The van der Waals surface area contributed by atoms with Crippen molar-refractivity contribution >= 4 is 22.6 Å². The molecule has 1 aromatic rings. The van der Waals surface area contributed by atoms with E-state index in [1.807, 2.05) is 0 Å². The van der Waals surface area contributed by atoms with Gasteiger partial charge in [0.2, 0.25) is 0 Å².